The fourth-order valence-electron chi connectivity index (χ4n) is 3.04. The fourth-order valence-corrected chi connectivity index (χ4v) is 3.04. The van der Waals surface area contributed by atoms with Gasteiger partial charge in [-0.1, -0.05) is 12.1 Å². The molecule has 0 radical (unpaired) electrons. The molecule has 1 saturated heterocycles. The van der Waals surface area contributed by atoms with E-state index in [1.165, 1.54) is 6.07 Å². The standard InChI is InChI=1S/C17H19FN6/c1-23-10-8-12(9-11-23)19-15-6-7-16-20-21-17(24(16)22-15)13-4-2-3-5-14(13)18/h2-7,12H,8-11H2,1H3,(H,19,22). The van der Waals surface area contributed by atoms with Crippen LogP contribution < -0.4 is 5.32 Å². The molecule has 1 N–H and O–H groups in total. The Hall–Kier alpha value is -2.54. The van der Waals surface area contributed by atoms with E-state index in [1.807, 2.05) is 12.1 Å². The number of likely N-dealkylation sites (tertiary alicyclic amines) is 1. The molecule has 0 unspecified atom stereocenters. The number of anilines is 1. The van der Waals surface area contributed by atoms with Gasteiger partial charge in [0.05, 0.1) is 5.56 Å². The minimum atomic E-state index is -0.331. The van der Waals surface area contributed by atoms with Crippen molar-refractivity contribution in [3.05, 3.63) is 42.2 Å². The molecular weight excluding hydrogens is 307 g/mol. The van der Waals surface area contributed by atoms with Gasteiger partial charge in [-0.2, -0.15) is 4.52 Å². The van der Waals surface area contributed by atoms with Gasteiger partial charge in [0.2, 0.25) is 0 Å². The third-order valence-electron chi connectivity index (χ3n) is 4.45. The number of nitrogens with zero attached hydrogens (tertiary/aromatic N) is 5. The lowest BCUT2D eigenvalue weighted by molar-refractivity contribution is 0.263. The van der Waals surface area contributed by atoms with Crippen molar-refractivity contribution in [3.63, 3.8) is 0 Å². The molecule has 0 amide bonds. The average Bonchev–Trinajstić information content (AvgIpc) is 3.00. The molecule has 1 fully saturated rings. The van der Waals surface area contributed by atoms with Crippen LogP contribution in [0, 0.1) is 5.82 Å². The van der Waals surface area contributed by atoms with Crippen molar-refractivity contribution in [2.24, 2.45) is 0 Å². The Bertz CT molecular complexity index is 853. The van der Waals surface area contributed by atoms with Crippen molar-refractivity contribution >= 4 is 11.5 Å². The highest BCUT2D eigenvalue weighted by Crippen LogP contribution is 2.22. The second-order valence-electron chi connectivity index (χ2n) is 6.21. The van der Waals surface area contributed by atoms with Crippen LogP contribution in [0.1, 0.15) is 12.8 Å². The zero-order valence-corrected chi connectivity index (χ0v) is 13.5. The van der Waals surface area contributed by atoms with Gasteiger partial charge >= 0.3 is 0 Å². The molecule has 0 spiro atoms. The number of aromatic nitrogens is 4. The van der Waals surface area contributed by atoms with Gasteiger partial charge in [0.1, 0.15) is 11.6 Å². The van der Waals surface area contributed by atoms with Crippen molar-refractivity contribution in [1.82, 2.24) is 24.7 Å². The van der Waals surface area contributed by atoms with E-state index in [0.29, 0.717) is 23.1 Å². The summed E-state index contributed by atoms with van der Waals surface area (Å²) < 4.78 is 15.7. The summed E-state index contributed by atoms with van der Waals surface area (Å²) in [6, 6.07) is 10.7. The maximum atomic E-state index is 14.1. The maximum Gasteiger partial charge on any atom is 0.188 e. The molecule has 2 aromatic heterocycles. The Balaban J connectivity index is 1.65. The molecule has 7 heteroatoms. The van der Waals surface area contributed by atoms with Gasteiger partial charge in [-0.15, -0.1) is 15.3 Å². The number of hydrogen-bond acceptors (Lipinski definition) is 5. The minimum absolute atomic E-state index is 0.331. The highest BCUT2D eigenvalue weighted by molar-refractivity contribution is 5.60. The molecular formula is C17H19FN6. The SMILES string of the molecule is CN1CCC(Nc2ccc3nnc(-c4ccccc4F)n3n2)CC1. The Labute approximate surface area is 139 Å². The topological polar surface area (TPSA) is 58.3 Å². The predicted octanol–water partition coefficient (Wildman–Crippen LogP) is 2.44. The summed E-state index contributed by atoms with van der Waals surface area (Å²) in [6.45, 7) is 2.15. The Kier molecular flexibility index (Phi) is 3.86. The van der Waals surface area contributed by atoms with Gasteiger partial charge in [0, 0.05) is 6.04 Å². The first-order valence-corrected chi connectivity index (χ1v) is 8.13. The van der Waals surface area contributed by atoms with Crippen molar-refractivity contribution in [1.29, 1.82) is 0 Å². The molecule has 6 nitrogen and oxygen atoms in total. The van der Waals surface area contributed by atoms with E-state index in [9.17, 15) is 4.39 Å². The van der Waals surface area contributed by atoms with E-state index in [2.05, 4.69) is 32.6 Å². The highest BCUT2D eigenvalue weighted by Gasteiger charge is 2.18. The van der Waals surface area contributed by atoms with Crippen LogP contribution in [0.25, 0.3) is 17.0 Å². The zero-order valence-electron chi connectivity index (χ0n) is 13.5. The first-order valence-electron chi connectivity index (χ1n) is 8.13. The molecule has 24 heavy (non-hydrogen) atoms. The molecule has 3 heterocycles. The van der Waals surface area contributed by atoms with Gasteiger partial charge in [0.15, 0.2) is 11.5 Å². The smallest absolute Gasteiger partial charge is 0.188 e. The lowest BCUT2D eigenvalue weighted by Gasteiger charge is -2.29. The molecule has 1 aromatic carbocycles. The van der Waals surface area contributed by atoms with Crippen LogP contribution in [0.5, 0.6) is 0 Å². The lowest BCUT2D eigenvalue weighted by atomic mass is 10.1. The average molecular weight is 326 g/mol. The van der Waals surface area contributed by atoms with E-state index < -0.39 is 0 Å². The fraction of sp³-hybridized carbons (Fsp3) is 0.353. The van der Waals surface area contributed by atoms with Crippen LogP contribution in [-0.2, 0) is 0 Å². The molecule has 0 atom stereocenters. The first-order chi connectivity index (χ1) is 11.7. The number of hydrogen-bond donors (Lipinski definition) is 1. The number of nitrogens with one attached hydrogen (secondary N) is 1. The third kappa shape index (κ3) is 2.82. The van der Waals surface area contributed by atoms with Crippen LogP contribution >= 0.6 is 0 Å². The number of halogens is 1. The number of piperidine rings is 1. The molecule has 0 bridgehead atoms. The summed E-state index contributed by atoms with van der Waals surface area (Å²) in [5.74, 6) is 0.840. The van der Waals surface area contributed by atoms with Gasteiger partial charge in [-0.25, -0.2) is 4.39 Å². The van der Waals surface area contributed by atoms with Crippen molar-refractivity contribution in [2.75, 3.05) is 25.5 Å². The van der Waals surface area contributed by atoms with Crippen molar-refractivity contribution in [2.45, 2.75) is 18.9 Å². The van der Waals surface area contributed by atoms with Crippen LogP contribution in [-0.4, -0.2) is 50.9 Å². The van der Waals surface area contributed by atoms with E-state index in [-0.39, 0.29) is 5.82 Å². The van der Waals surface area contributed by atoms with E-state index in [0.717, 1.165) is 31.7 Å². The Morgan fingerprint density at radius 1 is 1.08 bits per heavy atom. The first kappa shape index (κ1) is 15.0. The van der Waals surface area contributed by atoms with Gasteiger partial charge in [0.25, 0.3) is 0 Å². The van der Waals surface area contributed by atoms with Gasteiger partial charge in [-0.3, -0.25) is 0 Å². The number of fused-ring (bicyclic) bond motifs is 1. The quantitative estimate of drug-likeness (QED) is 0.801. The molecule has 0 aliphatic carbocycles. The molecule has 3 aromatic rings. The van der Waals surface area contributed by atoms with Gasteiger partial charge in [-0.05, 0) is 57.2 Å². The predicted molar refractivity (Wildman–Crippen MR) is 90.3 cm³/mol. The molecule has 0 saturated carbocycles. The summed E-state index contributed by atoms with van der Waals surface area (Å²) in [7, 11) is 2.14. The molecule has 1 aliphatic rings. The monoisotopic (exact) mass is 326 g/mol. The van der Waals surface area contributed by atoms with Crippen LogP contribution in [0.4, 0.5) is 10.2 Å². The summed E-state index contributed by atoms with van der Waals surface area (Å²) >= 11 is 0. The Morgan fingerprint density at radius 2 is 1.88 bits per heavy atom. The second-order valence-corrected chi connectivity index (χ2v) is 6.21. The zero-order chi connectivity index (χ0) is 16.5. The summed E-state index contributed by atoms with van der Waals surface area (Å²) in [5, 5.41) is 16.2. The second kappa shape index (κ2) is 6.16. The molecule has 1 aliphatic heterocycles. The normalized spacial score (nSPS) is 16.6. The van der Waals surface area contributed by atoms with Crippen LogP contribution in [0.2, 0.25) is 0 Å². The maximum absolute atomic E-state index is 14.1. The van der Waals surface area contributed by atoms with Crippen molar-refractivity contribution < 1.29 is 4.39 Å². The molecule has 124 valence electrons. The van der Waals surface area contributed by atoms with Crippen LogP contribution in [0.15, 0.2) is 36.4 Å². The van der Waals surface area contributed by atoms with E-state index in [4.69, 9.17) is 0 Å². The summed E-state index contributed by atoms with van der Waals surface area (Å²) in [6.07, 6.45) is 2.16. The van der Waals surface area contributed by atoms with Gasteiger partial charge < -0.3 is 10.2 Å². The largest absolute Gasteiger partial charge is 0.366 e. The molecule has 4 rings (SSSR count). The van der Waals surface area contributed by atoms with Crippen molar-refractivity contribution in [3.8, 4) is 11.4 Å². The van der Waals surface area contributed by atoms with E-state index >= 15 is 0 Å². The number of benzene rings is 1. The lowest BCUT2D eigenvalue weighted by Crippen LogP contribution is -2.36. The summed E-state index contributed by atoms with van der Waals surface area (Å²) in [4.78, 5) is 2.32. The third-order valence-corrected chi connectivity index (χ3v) is 4.45. The van der Waals surface area contributed by atoms with Crippen LogP contribution in [0.3, 0.4) is 0 Å². The van der Waals surface area contributed by atoms with E-state index in [1.54, 1.807) is 22.7 Å². The minimum Gasteiger partial charge on any atom is -0.366 e. The number of rotatable bonds is 3. The highest BCUT2D eigenvalue weighted by atomic mass is 19.1. The Morgan fingerprint density at radius 3 is 2.67 bits per heavy atom. The summed E-state index contributed by atoms with van der Waals surface area (Å²) in [5.41, 5.74) is 0.996.